The van der Waals surface area contributed by atoms with E-state index in [-0.39, 0.29) is 86.3 Å². The standard InChI is InChI=1S/C21H23N5O3S.C16H20N6O.C15H23N5O2S.2H2S/c27-21(22-17-8-9-17)20-23-19-3-1-2-18(26(19)24-20)16-6-4-15(5-7-16)14-25-10-12-30(28,29)13-11-25;1-11-5-8-22(14(23)3-6-17)9-13(11)21(2)16-12-4-7-18-15(12)19-10-20-16;1-16-23(21,22)9-11-3-5-12(6-4-11)20(2)15-13-7-8-17-14(13)18-10-19-15;;/h1-7,17H,8-14H2,(H,22,27);4,7,10-11,13H,3,5,8-9H2,1-2H3,(H,18,19,20);7-8,10-12,16H,3-6,9H2,1-2H3,(H,17,18,19);2*1H2/t;11-,13+;;;/m.0.../s1. The van der Waals surface area contributed by atoms with E-state index in [2.05, 4.69) is 90.8 Å². The summed E-state index contributed by atoms with van der Waals surface area (Å²) >= 11 is 0. The normalized spacial score (nSPS) is 20.2. The number of amides is 2. The molecule has 2 atom stereocenters. The van der Waals surface area contributed by atoms with Gasteiger partial charge < -0.3 is 30.0 Å². The Morgan fingerprint density at radius 3 is 2.05 bits per heavy atom. The number of likely N-dealkylation sites (N-methyl/N-ethyl adjacent to an activating group) is 1. The van der Waals surface area contributed by atoms with E-state index in [0.717, 1.165) is 109 Å². The van der Waals surface area contributed by atoms with Crippen molar-refractivity contribution in [2.75, 3.05) is 74.4 Å². The SMILES string of the molecule is CNS(=O)(=O)CC1CCC(N(C)c2ncnc3[nH]ccc23)CC1.C[C@H]1CCN(C(=O)CC#N)C[C@H]1N(C)c1ncnc2[nH]ccc12.O=C(NC1CC1)c1nc2cccc(-c3ccc(CN4CCS(=O)(=O)CC4)cc3)n2n1.S.S. The van der Waals surface area contributed by atoms with Crippen LogP contribution < -0.4 is 19.8 Å². The van der Waals surface area contributed by atoms with E-state index >= 15 is 0 Å². The molecule has 22 nitrogen and oxygen atoms in total. The van der Waals surface area contributed by atoms with Gasteiger partial charge in [-0.3, -0.25) is 14.5 Å². The quantitative estimate of drug-likeness (QED) is 0.121. The number of hydrogen-bond acceptors (Lipinski definition) is 16. The van der Waals surface area contributed by atoms with Crippen molar-refractivity contribution in [3.8, 4) is 17.3 Å². The molecule has 0 spiro atoms. The van der Waals surface area contributed by atoms with Crippen molar-refractivity contribution in [1.29, 1.82) is 5.26 Å². The summed E-state index contributed by atoms with van der Waals surface area (Å²) in [6.45, 7) is 5.42. The number of carbonyl (C=O) groups excluding carboxylic acids is 2. The molecule has 2 saturated carbocycles. The van der Waals surface area contributed by atoms with E-state index < -0.39 is 19.9 Å². The molecule has 1 aromatic carbocycles. The van der Waals surface area contributed by atoms with Crippen molar-refractivity contribution in [1.82, 2.24) is 64.3 Å². The number of pyridine rings is 1. The molecule has 11 rings (SSSR count). The zero-order valence-corrected chi connectivity index (χ0v) is 48.0. The van der Waals surface area contributed by atoms with Gasteiger partial charge in [0.1, 0.15) is 42.0 Å². The molecular weight excluding hydrogens is 1070 g/mol. The number of carbonyl (C=O) groups is 2. The van der Waals surface area contributed by atoms with Gasteiger partial charge in [0.15, 0.2) is 15.5 Å². The topological polar surface area (TPSA) is 277 Å². The van der Waals surface area contributed by atoms with Crippen molar-refractivity contribution in [2.24, 2.45) is 11.8 Å². The number of H-pyrrole nitrogens is 2. The number of aromatic nitrogens is 9. The first kappa shape index (κ1) is 59.3. The summed E-state index contributed by atoms with van der Waals surface area (Å²) in [7, 11) is -0.438. The van der Waals surface area contributed by atoms with Gasteiger partial charge >= 0.3 is 0 Å². The number of likely N-dealkylation sites (tertiary alicyclic amines) is 1. The molecule has 0 radical (unpaired) electrons. The number of nitriles is 1. The molecule has 4 fully saturated rings. The second kappa shape index (κ2) is 26.1. The van der Waals surface area contributed by atoms with Crippen LogP contribution in [0.1, 0.15) is 74.5 Å². The molecule has 7 aromatic rings. The van der Waals surface area contributed by atoms with Crippen LogP contribution in [0.25, 0.3) is 39.0 Å². The zero-order chi connectivity index (χ0) is 53.6. The van der Waals surface area contributed by atoms with Crippen LogP contribution in [-0.4, -0.2) is 166 Å². The Hall–Kier alpha value is -6.37. The van der Waals surface area contributed by atoms with E-state index in [1.54, 1.807) is 22.1 Å². The maximum Gasteiger partial charge on any atom is 0.291 e. The van der Waals surface area contributed by atoms with Crippen LogP contribution in [-0.2, 0) is 31.2 Å². The fourth-order valence-corrected chi connectivity index (χ4v) is 12.7. The zero-order valence-electron chi connectivity index (χ0n) is 44.3. The van der Waals surface area contributed by atoms with Gasteiger partial charge in [0.25, 0.3) is 5.91 Å². The highest BCUT2D eigenvalue weighted by atomic mass is 32.2. The number of piperidine rings is 1. The summed E-state index contributed by atoms with van der Waals surface area (Å²) < 4.78 is 50.6. The summed E-state index contributed by atoms with van der Waals surface area (Å²) in [6, 6.07) is 20.6. The molecule has 0 bridgehead atoms. The molecule has 4 N–H and O–H groups in total. The summed E-state index contributed by atoms with van der Waals surface area (Å²) in [5.41, 5.74) is 5.25. The number of nitrogens with zero attached hydrogens (tertiary/aromatic N) is 12. The van der Waals surface area contributed by atoms with Crippen LogP contribution in [0.15, 0.2) is 79.6 Å². The largest absolute Gasteiger partial charge is 0.356 e. The van der Waals surface area contributed by atoms with Crippen LogP contribution in [0.3, 0.4) is 0 Å². The second-order valence-electron chi connectivity index (χ2n) is 20.3. The summed E-state index contributed by atoms with van der Waals surface area (Å²) in [5, 5.41) is 18.1. The monoisotopic (exact) mass is 1140 g/mol. The molecule has 2 aliphatic heterocycles. The van der Waals surface area contributed by atoms with Crippen molar-refractivity contribution < 1.29 is 26.4 Å². The van der Waals surface area contributed by atoms with Gasteiger partial charge in [0.2, 0.25) is 21.8 Å². The van der Waals surface area contributed by atoms with Crippen molar-refractivity contribution in [3.05, 3.63) is 91.0 Å². The molecular formula is C52H70N16O6S4. The minimum absolute atomic E-state index is 0. The number of aromatic amines is 2. The number of hydrogen-bond donors (Lipinski definition) is 4. The first-order valence-corrected chi connectivity index (χ1v) is 29.3. The van der Waals surface area contributed by atoms with Gasteiger partial charge in [-0.1, -0.05) is 37.3 Å². The van der Waals surface area contributed by atoms with E-state index in [1.807, 2.05) is 68.0 Å². The van der Waals surface area contributed by atoms with Gasteiger partial charge in [-0.15, -0.1) is 5.10 Å². The first-order chi connectivity index (χ1) is 36.6. The molecule has 26 heteroatoms. The minimum atomic E-state index is -3.12. The second-order valence-corrected chi connectivity index (χ2v) is 24.5. The third-order valence-electron chi connectivity index (χ3n) is 15.0. The lowest BCUT2D eigenvalue weighted by atomic mass is 9.86. The van der Waals surface area contributed by atoms with Crippen molar-refractivity contribution in [2.45, 2.75) is 83.0 Å². The number of sulfone groups is 1. The minimum Gasteiger partial charge on any atom is -0.356 e. The molecule has 418 valence electrons. The van der Waals surface area contributed by atoms with Gasteiger partial charge in [0.05, 0.1) is 45.8 Å². The average molecular weight is 1140 g/mol. The van der Waals surface area contributed by atoms with Gasteiger partial charge in [0, 0.05) is 76.9 Å². The Kier molecular flexibility index (Phi) is 19.8. The Labute approximate surface area is 469 Å². The third kappa shape index (κ3) is 14.5. The summed E-state index contributed by atoms with van der Waals surface area (Å²) in [4.78, 5) is 60.5. The molecule has 78 heavy (non-hydrogen) atoms. The lowest BCUT2D eigenvalue weighted by molar-refractivity contribution is -0.131. The fraction of sp³-hybridized carbons (Fsp3) is 0.481. The van der Waals surface area contributed by atoms with E-state index in [0.29, 0.717) is 37.2 Å². The number of sulfonamides is 1. The molecule has 6 aromatic heterocycles. The van der Waals surface area contributed by atoms with Crippen LogP contribution in [0, 0.1) is 23.2 Å². The molecule has 2 amide bonds. The van der Waals surface area contributed by atoms with Crippen LogP contribution in [0.4, 0.5) is 11.6 Å². The van der Waals surface area contributed by atoms with Gasteiger partial charge in [-0.05, 0) is 93.7 Å². The van der Waals surface area contributed by atoms with Crippen LogP contribution in [0.2, 0.25) is 0 Å². The Balaban J connectivity index is 0.000000170. The predicted octanol–water partition coefficient (Wildman–Crippen LogP) is 4.79. The molecule has 4 aliphatic rings. The number of nitrogens with one attached hydrogen (secondary N) is 4. The highest BCUT2D eigenvalue weighted by Gasteiger charge is 2.33. The number of fused-ring (bicyclic) bond motifs is 3. The maximum atomic E-state index is 12.3. The highest BCUT2D eigenvalue weighted by molar-refractivity contribution is 7.91. The van der Waals surface area contributed by atoms with Crippen molar-refractivity contribution >= 4 is 98.0 Å². The number of rotatable bonds is 13. The van der Waals surface area contributed by atoms with Crippen LogP contribution in [0.5, 0.6) is 0 Å². The van der Waals surface area contributed by atoms with Gasteiger partial charge in [-0.2, -0.15) is 32.3 Å². The Morgan fingerprint density at radius 1 is 0.821 bits per heavy atom. The fourth-order valence-electron chi connectivity index (χ4n) is 10.3. The lowest BCUT2D eigenvalue weighted by Gasteiger charge is -2.42. The lowest BCUT2D eigenvalue weighted by Crippen LogP contribution is -2.52. The molecule has 2 saturated heterocycles. The van der Waals surface area contributed by atoms with E-state index in [9.17, 15) is 26.4 Å². The van der Waals surface area contributed by atoms with Crippen molar-refractivity contribution in [3.63, 3.8) is 0 Å². The smallest absolute Gasteiger partial charge is 0.291 e. The maximum absolute atomic E-state index is 12.3. The first-order valence-electron chi connectivity index (χ1n) is 25.8. The predicted molar refractivity (Wildman–Crippen MR) is 311 cm³/mol. The van der Waals surface area contributed by atoms with Crippen LogP contribution >= 0.6 is 27.0 Å². The molecule has 2 aliphatic carbocycles. The molecule has 0 unspecified atom stereocenters. The number of benzene rings is 1. The third-order valence-corrected chi connectivity index (χ3v) is 18.2. The Morgan fingerprint density at radius 2 is 1.45 bits per heavy atom. The van der Waals surface area contributed by atoms with Gasteiger partial charge in [-0.25, -0.2) is 51.0 Å². The summed E-state index contributed by atoms with van der Waals surface area (Å²) in [6.07, 6.45) is 13.6. The Bertz CT molecular complexity index is 3410. The summed E-state index contributed by atoms with van der Waals surface area (Å²) in [5.74, 6) is 3.04. The molecule has 8 heterocycles. The van der Waals surface area contributed by atoms with E-state index in [4.69, 9.17) is 5.26 Å². The van der Waals surface area contributed by atoms with E-state index in [1.165, 1.54) is 7.05 Å². The average Bonchev–Trinajstić information content (AvgIpc) is 3.82. The number of anilines is 2. The highest BCUT2D eigenvalue weighted by Crippen LogP contribution is 2.33.